The number of carboxylic acids is 1. The zero-order chi connectivity index (χ0) is 37.9. The van der Waals surface area contributed by atoms with E-state index in [1.54, 1.807) is 49.4 Å². The van der Waals surface area contributed by atoms with Crippen molar-refractivity contribution in [3.63, 3.8) is 0 Å². The maximum absolute atomic E-state index is 14.1. The van der Waals surface area contributed by atoms with Crippen LogP contribution in [-0.4, -0.2) is 81.9 Å². The number of imide groups is 1. The highest BCUT2D eigenvalue weighted by molar-refractivity contribution is 6.38. The summed E-state index contributed by atoms with van der Waals surface area (Å²) in [4.78, 5) is 106. The number of rotatable bonds is 17. The number of aliphatic carboxylic acids is 1. The lowest BCUT2D eigenvalue weighted by Gasteiger charge is -2.35. The molecule has 6 amide bonds. The van der Waals surface area contributed by atoms with Crippen LogP contribution in [0.4, 0.5) is 0 Å². The maximum atomic E-state index is 14.1. The van der Waals surface area contributed by atoms with Crippen LogP contribution < -0.4 is 21.3 Å². The molecule has 1 heterocycles. The van der Waals surface area contributed by atoms with Crippen LogP contribution in [0.25, 0.3) is 0 Å². The normalized spacial score (nSPS) is 16.7. The Kier molecular flexibility index (Phi) is 13.8. The third-order valence-corrected chi connectivity index (χ3v) is 9.34. The molecule has 1 aliphatic carbocycles. The molecule has 0 spiro atoms. The van der Waals surface area contributed by atoms with Gasteiger partial charge in [0.05, 0.1) is 23.7 Å². The van der Waals surface area contributed by atoms with Crippen LogP contribution in [0.1, 0.15) is 104 Å². The standard InChI is InChI=1S/C38H47N5O9/c1-4-13-27(32(45)35(48)39-21-29(44)42-30(38(51)52)23-14-7-5-8-15-23)40-33(46)28(20-22(2)3)41-34(47)31(24-16-9-6-10-17-24)43-36(49)25-18-11-12-19-26(25)37(43)50/h5,7-8,11-12,14-15,18-19,22,24,27-28,30-31H,4,6,9-10,13,16-17,20-21H2,1-3H3,(H,39,48)(H,40,46)(H,41,47)(H,42,44)(H,51,52)/t27-,28+,30+,31+/m1/s1. The number of carbonyl (C=O) groups is 8. The Morgan fingerprint density at radius 1 is 0.788 bits per heavy atom. The highest BCUT2D eigenvalue weighted by Crippen LogP contribution is 2.34. The molecule has 0 aromatic heterocycles. The van der Waals surface area contributed by atoms with Crippen LogP contribution >= 0.6 is 0 Å². The molecule has 1 saturated carbocycles. The zero-order valence-corrected chi connectivity index (χ0v) is 29.7. The highest BCUT2D eigenvalue weighted by Gasteiger charge is 2.47. The van der Waals surface area contributed by atoms with Gasteiger partial charge in [0.15, 0.2) is 6.04 Å². The number of carboxylic acid groups (broad SMARTS) is 1. The van der Waals surface area contributed by atoms with Crippen molar-refractivity contribution < 1.29 is 43.5 Å². The SMILES string of the molecule is CCC[C@@H](NC(=O)[C@H](CC(C)C)NC(=O)[C@H](C1CCCCC1)N1C(=O)c2ccccc2C1=O)C(=O)C(=O)NCC(=O)N[C@H](C(=O)O)c1ccccc1. The molecule has 4 atom stereocenters. The van der Waals surface area contributed by atoms with Crippen LogP contribution in [0.15, 0.2) is 54.6 Å². The van der Waals surface area contributed by atoms with Crippen molar-refractivity contribution in [3.8, 4) is 0 Å². The monoisotopic (exact) mass is 717 g/mol. The number of amides is 6. The van der Waals surface area contributed by atoms with Crippen LogP contribution in [0.3, 0.4) is 0 Å². The van der Waals surface area contributed by atoms with Crippen molar-refractivity contribution in [2.24, 2.45) is 11.8 Å². The van der Waals surface area contributed by atoms with E-state index in [9.17, 15) is 43.5 Å². The summed E-state index contributed by atoms with van der Waals surface area (Å²) in [5.74, 6) is -7.27. The average molecular weight is 718 g/mol. The Bertz CT molecular complexity index is 1640. The Balaban J connectivity index is 1.45. The summed E-state index contributed by atoms with van der Waals surface area (Å²) in [5, 5.41) is 19.4. The Hall–Kier alpha value is -5.40. The molecular weight excluding hydrogens is 670 g/mol. The summed E-state index contributed by atoms with van der Waals surface area (Å²) in [6.45, 7) is 4.74. The quantitative estimate of drug-likeness (QED) is 0.120. The molecule has 52 heavy (non-hydrogen) atoms. The molecule has 0 radical (unpaired) electrons. The van der Waals surface area contributed by atoms with Gasteiger partial charge in [0.25, 0.3) is 17.7 Å². The van der Waals surface area contributed by atoms with Crippen LogP contribution in [0.5, 0.6) is 0 Å². The summed E-state index contributed by atoms with van der Waals surface area (Å²) in [5.41, 5.74) is 0.743. The maximum Gasteiger partial charge on any atom is 0.330 e. The molecule has 2 aliphatic rings. The Morgan fingerprint density at radius 2 is 1.37 bits per heavy atom. The lowest BCUT2D eigenvalue weighted by atomic mass is 9.82. The highest BCUT2D eigenvalue weighted by atomic mass is 16.4. The summed E-state index contributed by atoms with van der Waals surface area (Å²) >= 11 is 0. The lowest BCUT2D eigenvalue weighted by molar-refractivity contribution is -0.142. The van der Waals surface area contributed by atoms with Gasteiger partial charge >= 0.3 is 5.97 Å². The third kappa shape index (κ3) is 9.68. The second kappa shape index (κ2) is 18.2. The Morgan fingerprint density at radius 3 is 1.92 bits per heavy atom. The molecule has 5 N–H and O–H groups in total. The molecule has 2 aromatic rings. The van der Waals surface area contributed by atoms with Gasteiger partial charge in [0.2, 0.25) is 23.5 Å². The largest absolute Gasteiger partial charge is 0.479 e. The Labute approximate surface area is 302 Å². The van der Waals surface area contributed by atoms with Crippen molar-refractivity contribution in [3.05, 3.63) is 71.3 Å². The fourth-order valence-electron chi connectivity index (χ4n) is 6.79. The number of carbonyl (C=O) groups excluding carboxylic acids is 7. The van der Waals surface area contributed by atoms with Crippen LogP contribution in [0, 0.1) is 11.8 Å². The summed E-state index contributed by atoms with van der Waals surface area (Å²) in [6.07, 6.45) is 4.48. The minimum atomic E-state index is -1.38. The number of nitrogens with zero attached hydrogens (tertiary/aromatic N) is 1. The van der Waals surface area contributed by atoms with Crippen molar-refractivity contribution in [1.82, 2.24) is 26.2 Å². The predicted octanol–water partition coefficient (Wildman–Crippen LogP) is 2.67. The van der Waals surface area contributed by atoms with E-state index in [1.165, 1.54) is 12.1 Å². The minimum Gasteiger partial charge on any atom is -0.479 e. The summed E-state index contributed by atoms with van der Waals surface area (Å²) < 4.78 is 0. The number of hydrogen-bond acceptors (Lipinski definition) is 8. The molecule has 278 valence electrons. The molecule has 4 rings (SSSR count). The van der Waals surface area contributed by atoms with E-state index in [2.05, 4.69) is 21.3 Å². The molecule has 0 saturated heterocycles. The van der Waals surface area contributed by atoms with E-state index < -0.39 is 77.9 Å². The fourth-order valence-corrected chi connectivity index (χ4v) is 6.79. The van der Waals surface area contributed by atoms with Crippen molar-refractivity contribution in [2.75, 3.05) is 6.54 Å². The molecule has 2 aromatic carbocycles. The zero-order valence-electron chi connectivity index (χ0n) is 29.7. The van der Waals surface area contributed by atoms with E-state index >= 15 is 0 Å². The number of nitrogens with one attached hydrogen (secondary N) is 4. The van der Waals surface area contributed by atoms with Gasteiger partial charge in [-0.25, -0.2) is 4.79 Å². The molecular formula is C38H47N5O9. The number of hydrogen-bond donors (Lipinski definition) is 5. The third-order valence-electron chi connectivity index (χ3n) is 9.34. The fraction of sp³-hybridized carbons (Fsp3) is 0.474. The van der Waals surface area contributed by atoms with Gasteiger partial charge in [-0.15, -0.1) is 0 Å². The van der Waals surface area contributed by atoms with Gasteiger partial charge in [0.1, 0.15) is 12.1 Å². The van der Waals surface area contributed by atoms with Gasteiger partial charge in [-0.2, -0.15) is 0 Å². The van der Waals surface area contributed by atoms with Gasteiger partial charge < -0.3 is 26.4 Å². The molecule has 14 nitrogen and oxygen atoms in total. The number of benzene rings is 2. The van der Waals surface area contributed by atoms with Crippen molar-refractivity contribution in [1.29, 1.82) is 0 Å². The van der Waals surface area contributed by atoms with Gasteiger partial charge in [-0.1, -0.05) is 88.9 Å². The number of fused-ring (bicyclic) bond motifs is 1. The number of Topliss-reactive ketones (excluding diaryl/α,β-unsaturated/α-hetero) is 1. The predicted molar refractivity (Wildman–Crippen MR) is 189 cm³/mol. The van der Waals surface area contributed by atoms with E-state index in [0.29, 0.717) is 24.8 Å². The van der Waals surface area contributed by atoms with Crippen molar-refractivity contribution in [2.45, 2.75) is 96.3 Å². The molecule has 0 bridgehead atoms. The second-order valence-corrected chi connectivity index (χ2v) is 13.7. The molecule has 1 fully saturated rings. The minimum absolute atomic E-state index is 0.0708. The van der Waals surface area contributed by atoms with Gasteiger partial charge in [-0.3, -0.25) is 38.5 Å². The average Bonchev–Trinajstić information content (AvgIpc) is 3.38. The molecule has 1 aliphatic heterocycles. The first-order valence-corrected chi connectivity index (χ1v) is 17.8. The van der Waals surface area contributed by atoms with Gasteiger partial charge in [-0.05, 0) is 55.2 Å². The van der Waals surface area contributed by atoms with Crippen LogP contribution in [-0.2, 0) is 28.8 Å². The van der Waals surface area contributed by atoms with Crippen LogP contribution in [0.2, 0.25) is 0 Å². The smallest absolute Gasteiger partial charge is 0.330 e. The molecule has 14 heteroatoms. The van der Waals surface area contributed by atoms with E-state index in [-0.39, 0.29) is 35.8 Å². The van der Waals surface area contributed by atoms with Gasteiger partial charge in [0, 0.05) is 0 Å². The number of ketones is 1. The first-order valence-electron chi connectivity index (χ1n) is 17.8. The topological polar surface area (TPSA) is 208 Å². The van der Waals surface area contributed by atoms with E-state index in [0.717, 1.165) is 24.2 Å². The summed E-state index contributed by atoms with van der Waals surface area (Å²) in [6, 6.07) is 9.36. The van der Waals surface area contributed by atoms with Crippen molar-refractivity contribution >= 4 is 47.2 Å². The van der Waals surface area contributed by atoms with E-state index in [1.807, 2.05) is 13.8 Å². The van der Waals surface area contributed by atoms with E-state index in [4.69, 9.17) is 0 Å². The molecule has 0 unspecified atom stereocenters. The first-order chi connectivity index (χ1) is 24.8. The lowest BCUT2D eigenvalue weighted by Crippen LogP contribution is -2.59. The summed E-state index contributed by atoms with van der Waals surface area (Å²) in [7, 11) is 0. The first kappa shape index (κ1) is 39.4. The second-order valence-electron chi connectivity index (χ2n) is 13.7.